The summed E-state index contributed by atoms with van der Waals surface area (Å²) >= 11 is 0. The molecule has 0 amide bonds. The summed E-state index contributed by atoms with van der Waals surface area (Å²) in [5.41, 5.74) is 4.70. The van der Waals surface area contributed by atoms with E-state index >= 15 is 0 Å². The van der Waals surface area contributed by atoms with Crippen molar-refractivity contribution in [1.82, 2.24) is 0 Å². The largest absolute Gasteiger partial charge is 0.491 e. The highest BCUT2D eigenvalue weighted by atomic mass is 19.4. The fraction of sp³-hybridized carbons (Fsp3) is 0.462. The molecule has 0 bridgehead atoms. The first-order chi connectivity index (χ1) is 9.34. The first kappa shape index (κ1) is 14.5. The Labute approximate surface area is 114 Å². The van der Waals surface area contributed by atoms with E-state index in [1.165, 1.54) is 12.1 Å². The molecule has 1 aromatic carbocycles. The van der Waals surface area contributed by atoms with Crippen LogP contribution in [-0.4, -0.2) is 24.8 Å². The Morgan fingerprint density at radius 1 is 1.40 bits per heavy atom. The summed E-state index contributed by atoms with van der Waals surface area (Å²) in [7, 11) is 0. The lowest BCUT2D eigenvalue weighted by atomic mass is 10.1. The van der Waals surface area contributed by atoms with Crippen LogP contribution >= 0.6 is 0 Å². The van der Waals surface area contributed by atoms with Crippen molar-refractivity contribution in [3.63, 3.8) is 0 Å². The number of hydrogen-bond acceptors (Lipinski definition) is 4. The molecule has 7 heteroatoms. The zero-order chi connectivity index (χ0) is 14.8. The summed E-state index contributed by atoms with van der Waals surface area (Å²) in [6, 6.07) is 4.70. The van der Waals surface area contributed by atoms with Gasteiger partial charge in [-0.3, -0.25) is 0 Å². The molecule has 1 aliphatic rings. The lowest BCUT2D eigenvalue weighted by molar-refractivity contribution is -0.137. The van der Waals surface area contributed by atoms with Gasteiger partial charge in [0.25, 0.3) is 6.02 Å². The fourth-order valence-electron chi connectivity index (χ4n) is 1.94. The number of nitrogens with two attached hydrogens (primary N) is 1. The van der Waals surface area contributed by atoms with Crippen LogP contribution in [0.25, 0.3) is 0 Å². The number of nitrogens with zero attached hydrogens (tertiary/aromatic N) is 1. The van der Waals surface area contributed by atoms with Crippen molar-refractivity contribution in [1.29, 1.82) is 0 Å². The lowest BCUT2D eigenvalue weighted by Gasteiger charge is -2.16. The van der Waals surface area contributed by atoms with Crippen molar-refractivity contribution in [2.45, 2.75) is 31.7 Å². The molecule has 1 aliphatic heterocycles. The topological polar surface area (TPSA) is 56.8 Å². The van der Waals surface area contributed by atoms with Crippen LogP contribution in [-0.2, 0) is 10.9 Å². The molecular formula is C13H15F3N2O2. The van der Waals surface area contributed by atoms with Crippen molar-refractivity contribution in [3.05, 3.63) is 29.8 Å². The summed E-state index contributed by atoms with van der Waals surface area (Å²) in [5, 5.41) is 0. The van der Waals surface area contributed by atoms with Crippen LogP contribution < -0.4 is 10.5 Å². The average molecular weight is 288 g/mol. The number of amidine groups is 1. The predicted molar refractivity (Wildman–Crippen MR) is 67.5 cm³/mol. The average Bonchev–Trinajstić information content (AvgIpc) is 2.74. The van der Waals surface area contributed by atoms with Crippen LogP contribution in [0.5, 0.6) is 5.75 Å². The molecule has 1 heterocycles. The molecule has 20 heavy (non-hydrogen) atoms. The van der Waals surface area contributed by atoms with E-state index in [2.05, 4.69) is 4.99 Å². The molecule has 2 atom stereocenters. The van der Waals surface area contributed by atoms with Crippen LogP contribution in [0.2, 0.25) is 0 Å². The maximum absolute atomic E-state index is 12.4. The van der Waals surface area contributed by atoms with Crippen LogP contribution in [0.3, 0.4) is 0 Å². The Morgan fingerprint density at radius 2 is 2.05 bits per heavy atom. The minimum atomic E-state index is -4.34. The van der Waals surface area contributed by atoms with E-state index in [0.29, 0.717) is 18.8 Å². The van der Waals surface area contributed by atoms with Crippen molar-refractivity contribution in [3.8, 4) is 5.75 Å². The summed E-state index contributed by atoms with van der Waals surface area (Å²) in [6.07, 6.45) is -3.95. The third-order valence-electron chi connectivity index (χ3n) is 2.86. The van der Waals surface area contributed by atoms with Crippen LogP contribution in [0.4, 0.5) is 13.2 Å². The van der Waals surface area contributed by atoms with Crippen molar-refractivity contribution in [2.75, 3.05) is 6.61 Å². The van der Waals surface area contributed by atoms with Crippen molar-refractivity contribution >= 4 is 6.02 Å². The number of ether oxygens (including phenoxy) is 2. The molecule has 0 aromatic heterocycles. The maximum Gasteiger partial charge on any atom is 0.416 e. The predicted octanol–water partition coefficient (Wildman–Crippen LogP) is 2.58. The molecule has 0 aliphatic carbocycles. The van der Waals surface area contributed by atoms with Crippen molar-refractivity contribution < 1.29 is 22.6 Å². The minimum Gasteiger partial charge on any atom is -0.491 e. The van der Waals surface area contributed by atoms with Crippen LogP contribution in [0, 0.1) is 0 Å². The first-order valence-electron chi connectivity index (χ1n) is 6.14. The van der Waals surface area contributed by atoms with Gasteiger partial charge in [-0.25, -0.2) is 4.99 Å². The second-order valence-electron chi connectivity index (χ2n) is 4.62. The zero-order valence-corrected chi connectivity index (χ0v) is 10.9. The highest BCUT2D eigenvalue weighted by molar-refractivity contribution is 5.73. The second kappa shape index (κ2) is 5.60. The van der Waals surface area contributed by atoms with Gasteiger partial charge >= 0.3 is 6.18 Å². The van der Waals surface area contributed by atoms with Crippen LogP contribution in [0.15, 0.2) is 29.3 Å². The molecule has 110 valence electrons. The second-order valence-corrected chi connectivity index (χ2v) is 4.62. The molecule has 2 rings (SSSR count). The van der Waals surface area contributed by atoms with E-state index < -0.39 is 11.7 Å². The highest BCUT2D eigenvalue weighted by Crippen LogP contribution is 2.30. The minimum absolute atomic E-state index is 0.0700. The number of benzene rings is 1. The number of halogens is 3. The van der Waals surface area contributed by atoms with Gasteiger partial charge in [0.15, 0.2) is 0 Å². The maximum atomic E-state index is 12.4. The summed E-state index contributed by atoms with van der Waals surface area (Å²) in [6.45, 7) is 2.23. The molecule has 4 nitrogen and oxygen atoms in total. The quantitative estimate of drug-likeness (QED) is 0.926. The third-order valence-corrected chi connectivity index (χ3v) is 2.86. The fourth-order valence-corrected chi connectivity index (χ4v) is 1.94. The molecule has 0 spiro atoms. The standard InChI is InChI=1S/C13H15F3N2O2/c1-8(6-10-7-19-12(17)18-10)20-11-4-2-9(3-5-11)13(14,15)16/h2-5,8,10H,6-7H2,1H3,(H2,17,18)/t8-,10-/m0/s1. The normalized spacial score (nSPS) is 20.2. The highest BCUT2D eigenvalue weighted by Gasteiger charge is 2.30. The van der Waals surface area contributed by atoms with E-state index in [0.717, 1.165) is 12.1 Å². The summed E-state index contributed by atoms with van der Waals surface area (Å²) in [5.74, 6) is 0.390. The van der Waals surface area contributed by atoms with Gasteiger partial charge in [0.2, 0.25) is 0 Å². The van der Waals surface area contributed by atoms with E-state index in [-0.39, 0.29) is 18.2 Å². The van der Waals surface area contributed by atoms with Gasteiger partial charge in [-0.1, -0.05) is 0 Å². The Hall–Kier alpha value is -1.92. The Kier molecular flexibility index (Phi) is 4.06. The summed E-state index contributed by atoms with van der Waals surface area (Å²) in [4.78, 5) is 4.06. The number of alkyl halides is 3. The van der Waals surface area contributed by atoms with Gasteiger partial charge in [0.1, 0.15) is 12.4 Å². The van der Waals surface area contributed by atoms with Gasteiger partial charge in [-0.2, -0.15) is 13.2 Å². The van der Waals surface area contributed by atoms with Gasteiger partial charge in [0, 0.05) is 6.42 Å². The molecule has 0 fully saturated rings. The molecule has 0 saturated heterocycles. The van der Waals surface area contributed by atoms with E-state index in [1.54, 1.807) is 0 Å². The first-order valence-corrected chi connectivity index (χ1v) is 6.14. The zero-order valence-electron chi connectivity index (χ0n) is 10.9. The SMILES string of the molecule is C[C@@H](C[C@H]1COC(N)=N1)Oc1ccc(C(F)(F)F)cc1. The summed E-state index contributed by atoms with van der Waals surface area (Å²) < 4.78 is 47.8. The van der Waals surface area contributed by atoms with Gasteiger partial charge in [0.05, 0.1) is 17.7 Å². The van der Waals surface area contributed by atoms with Gasteiger partial charge in [-0.05, 0) is 31.2 Å². The molecule has 0 unspecified atom stereocenters. The van der Waals surface area contributed by atoms with Gasteiger partial charge < -0.3 is 15.2 Å². The smallest absolute Gasteiger partial charge is 0.416 e. The van der Waals surface area contributed by atoms with Gasteiger partial charge in [-0.15, -0.1) is 0 Å². The molecule has 0 saturated carbocycles. The van der Waals surface area contributed by atoms with E-state index in [1.807, 2.05) is 6.92 Å². The molecule has 1 aromatic rings. The van der Waals surface area contributed by atoms with Crippen molar-refractivity contribution in [2.24, 2.45) is 10.7 Å². The lowest BCUT2D eigenvalue weighted by Crippen LogP contribution is -2.20. The Bertz CT molecular complexity index is 485. The molecular weight excluding hydrogens is 273 g/mol. The van der Waals surface area contributed by atoms with E-state index in [4.69, 9.17) is 15.2 Å². The Morgan fingerprint density at radius 3 is 2.55 bits per heavy atom. The number of hydrogen-bond donors (Lipinski definition) is 1. The number of aliphatic imine (C=N–C) groups is 1. The van der Waals surface area contributed by atoms with Crippen LogP contribution in [0.1, 0.15) is 18.9 Å². The monoisotopic (exact) mass is 288 g/mol. The number of rotatable bonds is 4. The molecule has 0 radical (unpaired) electrons. The Balaban J connectivity index is 1.90. The molecule has 2 N–H and O–H groups in total. The van der Waals surface area contributed by atoms with E-state index in [9.17, 15) is 13.2 Å². The third kappa shape index (κ3) is 3.79.